The van der Waals surface area contributed by atoms with Gasteiger partial charge in [0.15, 0.2) is 11.3 Å². The maximum absolute atomic E-state index is 12.6. The molecule has 2 heterocycles. The first-order valence-electron chi connectivity index (χ1n) is 7.67. The molecule has 3 rings (SSSR count). The number of amides is 1. The lowest BCUT2D eigenvalue weighted by atomic mass is 10.1. The standard InChI is InChI=1S/C16H14F3N5O3/c1-26-6-11(9-2-4-10(5-3-9)27-16(17,18)19)24-15(25)13-12-14(22-7-20-12)23-8-21-13/h2-5,7-8,11H,6H2,1H3,(H,24,25)(H,20,21,22,23). The normalized spacial score (nSPS) is 12.7. The number of hydrogen-bond acceptors (Lipinski definition) is 6. The number of nitrogens with one attached hydrogen (secondary N) is 2. The van der Waals surface area contributed by atoms with Crippen LogP contribution < -0.4 is 10.1 Å². The van der Waals surface area contributed by atoms with Gasteiger partial charge in [0, 0.05) is 7.11 Å². The van der Waals surface area contributed by atoms with E-state index in [4.69, 9.17) is 4.74 Å². The highest BCUT2D eigenvalue weighted by atomic mass is 19.4. The average molecular weight is 381 g/mol. The largest absolute Gasteiger partial charge is 0.573 e. The lowest BCUT2D eigenvalue weighted by molar-refractivity contribution is -0.274. The summed E-state index contributed by atoms with van der Waals surface area (Å²) in [7, 11) is 1.44. The monoisotopic (exact) mass is 381 g/mol. The van der Waals surface area contributed by atoms with E-state index in [1.54, 1.807) is 0 Å². The van der Waals surface area contributed by atoms with Gasteiger partial charge in [-0.25, -0.2) is 15.0 Å². The van der Waals surface area contributed by atoms with Gasteiger partial charge < -0.3 is 19.8 Å². The summed E-state index contributed by atoms with van der Waals surface area (Å²) in [5, 5.41) is 2.74. The van der Waals surface area contributed by atoms with Crippen molar-refractivity contribution in [3.05, 3.63) is 48.2 Å². The number of aromatic nitrogens is 4. The number of nitrogens with zero attached hydrogens (tertiary/aromatic N) is 3. The van der Waals surface area contributed by atoms with E-state index >= 15 is 0 Å². The molecule has 3 aromatic rings. The summed E-state index contributed by atoms with van der Waals surface area (Å²) >= 11 is 0. The Kier molecular flexibility index (Phi) is 5.21. The van der Waals surface area contributed by atoms with E-state index in [1.807, 2.05) is 0 Å². The molecule has 0 aliphatic rings. The van der Waals surface area contributed by atoms with Crippen LogP contribution in [0.15, 0.2) is 36.9 Å². The van der Waals surface area contributed by atoms with Crippen molar-refractivity contribution in [2.45, 2.75) is 12.4 Å². The molecular formula is C16H14F3N5O3. The van der Waals surface area contributed by atoms with Crippen molar-refractivity contribution in [3.8, 4) is 5.75 Å². The van der Waals surface area contributed by atoms with Gasteiger partial charge in [0.25, 0.3) is 5.91 Å². The van der Waals surface area contributed by atoms with Gasteiger partial charge in [0.2, 0.25) is 0 Å². The maximum Gasteiger partial charge on any atom is 0.573 e. The number of aromatic amines is 1. The molecule has 8 nitrogen and oxygen atoms in total. The van der Waals surface area contributed by atoms with E-state index < -0.39 is 18.3 Å². The van der Waals surface area contributed by atoms with Crippen LogP contribution in [0.25, 0.3) is 11.2 Å². The van der Waals surface area contributed by atoms with Crippen LogP contribution in [-0.2, 0) is 4.74 Å². The van der Waals surface area contributed by atoms with Crippen molar-refractivity contribution in [2.24, 2.45) is 0 Å². The number of rotatable bonds is 6. The third-order valence-electron chi connectivity index (χ3n) is 3.59. The first-order valence-corrected chi connectivity index (χ1v) is 7.67. The number of hydrogen-bond donors (Lipinski definition) is 2. The zero-order chi connectivity index (χ0) is 19.4. The summed E-state index contributed by atoms with van der Waals surface area (Å²) in [5.41, 5.74) is 1.34. The molecule has 142 valence electrons. The Labute approximate surface area is 150 Å². The third kappa shape index (κ3) is 4.50. The topological polar surface area (TPSA) is 102 Å². The molecule has 2 aromatic heterocycles. The van der Waals surface area contributed by atoms with Crippen molar-refractivity contribution in [2.75, 3.05) is 13.7 Å². The third-order valence-corrected chi connectivity index (χ3v) is 3.59. The number of benzene rings is 1. The van der Waals surface area contributed by atoms with E-state index in [2.05, 4.69) is 30.0 Å². The van der Waals surface area contributed by atoms with Gasteiger partial charge in [-0.1, -0.05) is 12.1 Å². The first-order chi connectivity index (χ1) is 12.9. The Morgan fingerprint density at radius 1 is 1.22 bits per heavy atom. The second-order valence-corrected chi connectivity index (χ2v) is 5.42. The minimum Gasteiger partial charge on any atom is -0.406 e. The molecule has 0 saturated heterocycles. The summed E-state index contributed by atoms with van der Waals surface area (Å²) in [5.74, 6) is -0.868. The zero-order valence-corrected chi connectivity index (χ0v) is 13.9. The number of halogens is 3. The SMILES string of the molecule is COCC(NC(=O)c1ncnc2nc[nH]c12)c1ccc(OC(F)(F)F)cc1. The highest BCUT2D eigenvalue weighted by Gasteiger charge is 2.31. The Bertz CT molecular complexity index is 927. The molecule has 27 heavy (non-hydrogen) atoms. The van der Waals surface area contributed by atoms with Crippen molar-refractivity contribution < 1.29 is 27.4 Å². The minimum absolute atomic E-state index is 0.0932. The molecule has 2 N–H and O–H groups in total. The second kappa shape index (κ2) is 7.58. The molecule has 11 heteroatoms. The first kappa shape index (κ1) is 18.6. The number of imidazole rings is 1. The van der Waals surface area contributed by atoms with Crippen LogP contribution in [0.2, 0.25) is 0 Å². The Morgan fingerprint density at radius 2 is 1.96 bits per heavy atom. The Hall–Kier alpha value is -3.21. The van der Waals surface area contributed by atoms with Crippen LogP contribution in [-0.4, -0.2) is 45.9 Å². The quantitative estimate of drug-likeness (QED) is 0.680. The van der Waals surface area contributed by atoms with Gasteiger partial charge in [-0.05, 0) is 17.7 Å². The number of methoxy groups -OCH3 is 1. The number of alkyl halides is 3. The zero-order valence-electron chi connectivity index (χ0n) is 13.9. The summed E-state index contributed by atoms with van der Waals surface area (Å²) < 4.78 is 45.7. The smallest absolute Gasteiger partial charge is 0.406 e. The molecule has 0 spiro atoms. The van der Waals surface area contributed by atoms with Gasteiger partial charge >= 0.3 is 6.36 Å². The number of carbonyl (C=O) groups excluding carboxylic acids is 1. The van der Waals surface area contributed by atoms with Crippen LogP contribution in [0.4, 0.5) is 13.2 Å². The van der Waals surface area contributed by atoms with Crippen LogP contribution in [0.1, 0.15) is 22.1 Å². The fourth-order valence-electron chi connectivity index (χ4n) is 2.45. The predicted molar refractivity (Wildman–Crippen MR) is 86.9 cm³/mol. The molecule has 0 radical (unpaired) electrons. The minimum atomic E-state index is -4.77. The second-order valence-electron chi connectivity index (χ2n) is 5.42. The number of carbonyl (C=O) groups is 1. The summed E-state index contributed by atoms with van der Waals surface area (Å²) in [6, 6.07) is 4.54. The Balaban J connectivity index is 1.79. The molecule has 1 amide bonds. The molecule has 0 fully saturated rings. The highest BCUT2D eigenvalue weighted by molar-refractivity contribution is 6.02. The van der Waals surface area contributed by atoms with E-state index in [0.29, 0.717) is 16.7 Å². The van der Waals surface area contributed by atoms with Gasteiger partial charge in [-0.3, -0.25) is 4.79 Å². The predicted octanol–water partition coefficient (Wildman–Crippen LogP) is 2.37. The molecule has 0 aliphatic carbocycles. The number of ether oxygens (including phenoxy) is 2. The number of H-pyrrole nitrogens is 1. The van der Waals surface area contributed by atoms with Crippen LogP contribution in [0, 0.1) is 0 Å². The average Bonchev–Trinajstić information content (AvgIpc) is 3.09. The molecule has 0 aliphatic heterocycles. The van der Waals surface area contributed by atoms with Gasteiger partial charge in [-0.15, -0.1) is 13.2 Å². The Morgan fingerprint density at radius 3 is 2.63 bits per heavy atom. The van der Waals surface area contributed by atoms with E-state index in [0.717, 1.165) is 12.1 Å². The lowest BCUT2D eigenvalue weighted by Crippen LogP contribution is -2.32. The molecule has 0 saturated carbocycles. The van der Waals surface area contributed by atoms with Gasteiger partial charge in [0.05, 0.1) is 19.0 Å². The van der Waals surface area contributed by atoms with Gasteiger partial charge in [0.1, 0.15) is 17.6 Å². The van der Waals surface area contributed by atoms with Crippen molar-refractivity contribution in [1.82, 2.24) is 25.3 Å². The van der Waals surface area contributed by atoms with Crippen molar-refractivity contribution >= 4 is 17.1 Å². The van der Waals surface area contributed by atoms with Crippen LogP contribution in [0.5, 0.6) is 5.75 Å². The maximum atomic E-state index is 12.6. The molecule has 0 bridgehead atoms. The summed E-state index contributed by atoms with van der Waals surface area (Å²) in [6.07, 6.45) is -2.17. The lowest BCUT2D eigenvalue weighted by Gasteiger charge is -2.19. The van der Waals surface area contributed by atoms with Crippen LogP contribution >= 0.6 is 0 Å². The van der Waals surface area contributed by atoms with Crippen LogP contribution in [0.3, 0.4) is 0 Å². The fraction of sp³-hybridized carbons (Fsp3) is 0.250. The summed E-state index contributed by atoms with van der Waals surface area (Å²) in [6.45, 7) is 0.0996. The van der Waals surface area contributed by atoms with Gasteiger partial charge in [-0.2, -0.15) is 0 Å². The molecular weight excluding hydrogens is 367 g/mol. The molecule has 1 atom stereocenters. The fourth-order valence-corrected chi connectivity index (χ4v) is 2.45. The molecule has 1 aromatic carbocycles. The number of fused-ring (bicyclic) bond motifs is 1. The van der Waals surface area contributed by atoms with Crippen molar-refractivity contribution in [1.29, 1.82) is 0 Å². The van der Waals surface area contributed by atoms with E-state index in [1.165, 1.54) is 31.9 Å². The highest BCUT2D eigenvalue weighted by Crippen LogP contribution is 2.25. The molecule has 1 unspecified atom stereocenters. The van der Waals surface area contributed by atoms with E-state index in [9.17, 15) is 18.0 Å². The van der Waals surface area contributed by atoms with E-state index in [-0.39, 0.29) is 18.1 Å². The summed E-state index contributed by atoms with van der Waals surface area (Å²) in [4.78, 5) is 27.2. The van der Waals surface area contributed by atoms with Crippen molar-refractivity contribution in [3.63, 3.8) is 0 Å².